The zero-order valence-corrected chi connectivity index (χ0v) is 20.7. The van der Waals surface area contributed by atoms with Gasteiger partial charge in [-0.25, -0.2) is 9.48 Å². The molecule has 2 atom stereocenters. The summed E-state index contributed by atoms with van der Waals surface area (Å²) in [6.07, 6.45) is 0. The van der Waals surface area contributed by atoms with Crippen LogP contribution in [-0.2, 0) is 30.6 Å². The van der Waals surface area contributed by atoms with Gasteiger partial charge in [-0.3, -0.25) is 19.3 Å². The van der Waals surface area contributed by atoms with Crippen LogP contribution in [0.15, 0.2) is 45.8 Å². The molecule has 2 amide bonds. The number of hydrogen-bond donors (Lipinski definition) is 4. The van der Waals surface area contributed by atoms with Gasteiger partial charge in [0.2, 0.25) is 5.16 Å². The lowest BCUT2D eigenvalue weighted by molar-refractivity contribution is -0.150. The van der Waals surface area contributed by atoms with Gasteiger partial charge in [-0.2, -0.15) is 0 Å². The van der Waals surface area contributed by atoms with E-state index >= 15 is 0 Å². The van der Waals surface area contributed by atoms with Crippen molar-refractivity contribution < 1.29 is 34.2 Å². The topological polar surface area (TPSA) is 215 Å². The molecule has 0 saturated carbocycles. The first-order chi connectivity index (χ1) is 17.7. The van der Waals surface area contributed by atoms with Gasteiger partial charge in [0.05, 0.1) is 0 Å². The molecule has 5 N–H and O–H groups in total. The Kier molecular flexibility index (Phi) is 7.63. The molecule has 1 saturated heterocycles. The second-order valence-electron chi connectivity index (χ2n) is 7.67. The molecule has 0 aliphatic carbocycles. The number of carbonyl (C=O) groups excluding carboxylic acids is 2. The Morgan fingerprint density at radius 3 is 2.81 bits per heavy atom. The number of rotatable bonds is 10. The molecule has 37 heavy (non-hydrogen) atoms. The minimum atomic E-state index is -1.30. The van der Waals surface area contributed by atoms with Gasteiger partial charge < -0.3 is 26.1 Å². The smallest absolute Gasteiger partial charge is 0.352 e. The van der Waals surface area contributed by atoms with Crippen molar-refractivity contribution in [1.29, 1.82) is 0 Å². The van der Waals surface area contributed by atoms with E-state index in [1.165, 1.54) is 24.9 Å². The van der Waals surface area contributed by atoms with Gasteiger partial charge in [-0.05, 0) is 28.1 Å². The third kappa shape index (κ3) is 5.36. The van der Waals surface area contributed by atoms with Crippen LogP contribution >= 0.6 is 23.5 Å². The van der Waals surface area contributed by atoms with Crippen LogP contribution < -0.4 is 11.1 Å². The van der Waals surface area contributed by atoms with E-state index in [2.05, 4.69) is 26.0 Å². The minimum Gasteiger partial charge on any atom is -0.480 e. The van der Waals surface area contributed by atoms with Crippen LogP contribution in [0.5, 0.6) is 0 Å². The lowest BCUT2D eigenvalue weighted by Crippen LogP contribution is -2.71. The Morgan fingerprint density at radius 2 is 2.14 bits per heavy atom. The second kappa shape index (κ2) is 10.9. The summed E-state index contributed by atoms with van der Waals surface area (Å²) in [5.41, 5.74) is 6.73. The van der Waals surface area contributed by atoms with E-state index < -0.39 is 41.7 Å². The van der Waals surface area contributed by atoms with Crippen molar-refractivity contribution in [1.82, 2.24) is 30.4 Å². The Balaban J connectivity index is 1.49. The summed E-state index contributed by atoms with van der Waals surface area (Å²) in [4.78, 5) is 54.9. The van der Waals surface area contributed by atoms with E-state index in [0.29, 0.717) is 16.8 Å². The number of nitrogen functional groups attached to an aromatic ring is 1. The summed E-state index contributed by atoms with van der Waals surface area (Å²) in [5, 5.41) is 35.5. The predicted octanol–water partition coefficient (Wildman–Crippen LogP) is -0.779. The summed E-state index contributed by atoms with van der Waals surface area (Å²) < 4.78 is 1.08. The van der Waals surface area contributed by atoms with E-state index in [4.69, 9.17) is 15.7 Å². The number of β-lactam (4-membered cyclic amide) rings is 1. The maximum Gasteiger partial charge on any atom is 0.352 e. The third-order valence-electron chi connectivity index (χ3n) is 5.25. The molecule has 17 heteroatoms. The molecule has 1 aromatic heterocycles. The fourth-order valence-electron chi connectivity index (χ4n) is 3.69. The molecule has 1 fully saturated rings. The largest absolute Gasteiger partial charge is 0.480 e. The molecule has 2 aliphatic rings. The monoisotopic (exact) mass is 548 g/mol. The molecule has 15 nitrogen and oxygen atoms in total. The molecule has 2 aliphatic heterocycles. The number of benzene rings is 1. The van der Waals surface area contributed by atoms with E-state index in [0.717, 1.165) is 21.3 Å². The lowest BCUT2D eigenvalue weighted by atomic mass is 10.0. The lowest BCUT2D eigenvalue weighted by Gasteiger charge is -2.49. The van der Waals surface area contributed by atoms with Gasteiger partial charge in [0.15, 0.2) is 5.71 Å². The maximum absolute atomic E-state index is 13.0. The summed E-state index contributed by atoms with van der Waals surface area (Å²) in [5.74, 6) is -3.34. The first-order valence-corrected chi connectivity index (χ1v) is 12.5. The average molecular weight is 549 g/mol. The van der Waals surface area contributed by atoms with E-state index in [1.54, 1.807) is 18.2 Å². The number of fused-ring (bicyclic) bond motifs is 1. The molecular weight excluding hydrogens is 528 g/mol. The van der Waals surface area contributed by atoms with Gasteiger partial charge in [-0.1, -0.05) is 29.1 Å². The fraction of sp³-hybridized carbons (Fsp3) is 0.300. The quantitative estimate of drug-likeness (QED) is 0.0943. The number of hydrogen-bond acceptors (Lipinski definition) is 12. The van der Waals surface area contributed by atoms with Crippen LogP contribution in [0.2, 0.25) is 0 Å². The number of aliphatic carboxylic acids is 2. The number of nitrogens with one attached hydrogen (secondary N) is 1. The number of carboxylic acids is 2. The fourth-order valence-corrected chi connectivity index (χ4v) is 6.05. The third-order valence-corrected chi connectivity index (χ3v) is 7.64. The van der Waals surface area contributed by atoms with Gasteiger partial charge in [0.25, 0.3) is 11.8 Å². The molecule has 4 rings (SSSR count). The van der Waals surface area contributed by atoms with Crippen LogP contribution in [0.4, 0.5) is 5.69 Å². The van der Waals surface area contributed by atoms with Crippen LogP contribution in [0.1, 0.15) is 5.56 Å². The molecule has 0 radical (unpaired) electrons. The highest BCUT2D eigenvalue weighted by molar-refractivity contribution is 8.01. The van der Waals surface area contributed by atoms with Crippen molar-refractivity contribution >= 4 is 58.7 Å². The van der Waals surface area contributed by atoms with Crippen molar-refractivity contribution in [2.24, 2.45) is 5.16 Å². The highest BCUT2D eigenvalue weighted by Gasteiger charge is 2.54. The molecular formula is C20H20N8O7S2. The number of amides is 2. The van der Waals surface area contributed by atoms with Crippen molar-refractivity contribution in [2.75, 3.05) is 24.3 Å². The maximum atomic E-state index is 13.0. The summed E-state index contributed by atoms with van der Waals surface area (Å²) >= 11 is 2.34. The predicted molar refractivity (Wildman–Crippen MR) is 130 cm³/mol. The number of carbonyl (C=O) groups is 4. The first kappa shape index (κ1) is 26.0. The SMILES string of the molecule is CON=C(C(=O)NC1C(=O)N2C(C(=O)O)=C(CSc3nnnn3CC(=O)O)CS[C@@H]12)c1cccc(N)c1. The molecule has 3 heterocycles. The highest BCUT2D eigenvalue weighted by atomic mass is 32.2. The second-order valence-corrected chi connectivity index (χ2v) is 9.72. The number of carboxylic acid groups (broad SMARTS) is 2. The van der Waals surface area contributed by atoms with Crippen LogP contribution in [0.3, 0.4) is 0 Å². The average Bonchev–Trinajstić information content (AvgIpc) is 3.29. The molecule has 1 aromatic carbocycles. The zero-order chi connectivity index (χ0) is 26.7. The number of anilines is 1. The highest BCUT2D eigenvalue weighted by Crippen LogP contribution is 2.41. The minimum absolute atomic E-state index is 0.0907. The van der Waals surface area contributed by atoms with Gasteiger partial charge >= 0.3 is 11.9 Å². The number of tetrazole rings is 1. The van der Waals surface area contributed by atoms with Crippen LogP contribution in [0.25, 0.3) is 0 Å². The Morgan fingerprint density at radius 1 is 1.35 bits per heavy atom. The summed E-state index contributed by atoms with van der Waals surface area (Å²) in [6.45, 7) is -0.451. The Bertz CT molecular complexity index is 1330. The van der Waals surface area contributed by atoms with Gasteiger partial charge in [-0.15, -0.1) is 16.9 Å². The number of nitrogens with two attached hydrogens (primary N) is 1. The summed E-state index contributed by atoms with van der Waals surface area (Å²) in [7, 11) is 1.27. The van der Waals surface area contributed by atoms with E-state index in [9.17, 15) is 24.3 Å². The Labute approximate surface area is 217 Å². The van der Waals surface area contributed by atoms with E-state index in [-0.39, 0.29) is 28.1 Å². The van der Waals surface area contributed by atoms with E-state index in [1.807, 2.05) is 0 Å². The normalized spacial score (nSPS) is 19.2. The summed E-state index contributed by atoms with van der Waals surface area (Å²) in [6, 6.07) is 5.44. The standard InChI is InChI=1S/C20H20N8O7S2/c1-35-24-13(9-3-2-4-11(21)5-9)16(31)22-14-17(32)28-15(19(33)34)10(7-36-18(14)28)8-37-20-23-25-26-27(20)6-12(29)30/h2-5,14,18H,6-8,21H2,1H3,(H,22,31)(H,29,30)(H,33,34)/t14?,18-/m0/s1. The zero-order valence-electron chi connectivity index (χ0n) is 19.1. The van der Waals surface area contributed by atoms with Crippen molar-refractivity contribution in [3.8, 4) is 0 Å². The number of nitrogens with zero attached hydrogens (tertiary/aromatic N) is 6. The molecule has 1 unspecified atom stereocenters. The van der Waals surface area contributed by atoms with Crippen LogP contribution in [-0.4, -0.2) is 94.8 Å². The Hall–Kier alpha value is -4.12. The van der Waals surface area contributed by atoms with Gasteiger partial charge in [0.1, 0.15) is 30.8 Å². The molecule has 0 spiro atoms. The number of thioether (sulfide) groups is 2. The van der Waals surface area contributed by atoms with Crippen molar-refractivity contribution in [2.45, 2.75) is 23.1 Å². The van der Waals surface area contributed by atoms with Crippen LogP contribution in [0, 0.1) is 0 Å². The molecule has 194 valence electrons. The van der Waals surface area contributed by atoms with Crippen molar-refractivity contribution in [3.63, 3.8) is 0 Å². The first-order valence-electron chi connectivity index (χ1n) is 10.5. The van der Waals surface area contributed by atoms with Crippen molar-refractivity contribution in [3.05, 3.63) is 41.1 Å². The number of oxime groups is 1. The molecule has 0 bridgehead atoms. The molecule has 2 aromatic rings. The number of aromatic nitrogens is 4. The van der Waals surface area contributed by atoms with Gasteiger partial charge in [0, 0.05) is 22.8 Å².